The lowest BCUT2D eigenvalue weighted by Gasteiger charge is -2.04. The van der Waals surface area contributed by atoms with Gasteiger partial charge in [0.1, 0.15) is 11.6 Å². The van der Waals surface area contributed by atoms with Gasteiger partial charge in [0.15, 0.2) is 5.82 Å². The summed E-state index contributed by atoms with van der Waals surface area (Å²) in [5, 5.41) is 7.52. The third-order valence-electron chi connectivity index (χ3n) is 3.37. The lowest BCUT2D eigenvalue weighted by molar-refractivity contribution is 0.570. The van der Waals surface area contributed by atoms with Crippen molar-refractivity contribution < 1.29 is 4.39 Å². The van der Waals surface area contributed by atoms with Crippen LogP contribution in [-0.4, -0.2) is 14.8 Å². The van der Waals surface area contributed by atoms with Crippen LogP contribution in [0.3, 0.4) is 0 Å². The van der Waals surface area contributed by atoms with Crippen LogP contribution in [0.2, 0.25) is 0 Å². The second-order valence-electron chi connectivity index (χ2n) is 4.81. The number of nitrogens with one attached hydrogen (secondary N) is 1. The van der Waals surface area contributed by atoms with E-state index in [4.69, 9.17) is 0 Å². The van der Waals surface area contributed by atoms with Crippen molar-refractivity contribution >= 4 is 5.69 Å². The van der Waals surface area contributed by atoms with Crippen LogP contribution in [0.5, 0.6) is 0 Å². The van der Waals surface area contributed by atoms with Crippen molar-refractivity contribution in [2.75, 3.05) is 5.32 Å². The molecule has 2 aromatic rings. The fourth-order valence-corrected chi connectivity index (χ4v) is 2.37. The highest BCUT2D eigenvalue weighted by molar-refractivity contribution is 5.44. The predicted octanol–water partition coefficient (Wildman–Crippen LogP) is 2.76. The van der Waals surface area contributed by atoms with E-state index >= 15 is 0 Å². The van der Waals surface area contributed by atoms with Gasteiger partial charge in [-0.3, -0.25) is 0 Å². The number of rotatable bonds is 3. The minimum absolute atomic E-state index is 0.247. The summed E-state index contributed by atoms with van der Waals surface area (Å²) < 4.78 is 15.5. The number of aromatic nitrogens is 3. The molecule has 19 heavy (non-hydrogen) atoms. The van der Waals surface area contributed by atoms with E-state index in [1.165, 1.54) is 18.9 Å². The molecule has 0 spiro atoms. The van der Waals surface area contributed by atoms with Gasteiger partial charge in [0.05, 0.1) is 12.2 Å². The Morgan fingerprint density at radius 2 is 2.11 bits per heavy atom. The zero-order valence-electron chi connectivity index (χ0n) is 10.8. The molecule has 0 amide bonds. The highest BCUT2D eigenvalue weighted by atomic mass is 19.1. The van der Waals surface area contributed by atoms with Crippen molar-refractivity contribution in [2.45, 2.75) is 38.8 Å². The van der Waals surface area contributed by atoms with Crippen LogP contribution in [-0.2, 0) is 19.5 Å². The van der Waals surface area contributed by atoms with Gasteiger partial charge in [-0.1, -0.05) is 18.6 Å². The van der Waals surface area contributed by atoms with Crippen LogP contribution in [0.4, 0.5) is 10.1 Å². The number of halogens is 1. The molecule has 0 fully saturated rings. The van der Waals surface area contributed by atoms with Crippen LogP contribution in [0.15, 0.2) is 24.3 Å². The number of hydrogen-bond acceptors (Lipinski definition) is 3. The van der Waals surface area contributed by atoms with E-state index in [0.717, 1.165) is 31.0 Å². The molecule has 1 aliphatic rings. The second-order valence-corrected chi connectivity index (χ2v) is 4.81. The summed E-state index contributed by atoms with van der Waals surface area (Å²) in [6, 6.07) is 6.65. The lowest BCUT2D eigenvalue weighted by atomic mass is 10.2. The zero-order chi connectivity index (χ0) is 13.1. The fourth-order valence-electron chi connectivity index (χ4n) is 2.37. The van der Waals surface area contributed by atoms with E-state index in [0.29, 0.717) is 12.2 Å². The van der Waals surface area contributed by atoms with Gasteiger partial charge in [0.25, 0.3) is 0 Å². The molecule has 4 nitrogen and oxygen atoms in total. The Balaban J connectivity index is 1.69. The molecule has 0 saturated carbocycles. The minimum atomic E-state index is -0.247. The average molecular weight is 260 g/mol. The van der Waals surface area contributed by atoms with Crippen LogP contribution in [0, 0.1) is 5.82 Å². The third-order valence-corrected chi connectivity index (χ3v) is 3.37. The smallest absolute Gasteiger partial charge is 0.169 e. The number of fused-ring (bicyclic) bond motifs is 1. The summed E-state index contributed by atoms with van der Waals surface area (Å²) in [5.74, 6) is 1.55. The Kier molecular flexibility index (Phi) is 3.44. The Hall–Kier alpha value is -1.91. The van der Waals surface area contributed by atoms with Gasteiger partial charge in [0.2, 0.25) is 0 Å². The molecule has 0 radical (unpaired) electrons. The number of nitrogens with zero attached hydrogens (tertiary/aromatic N) is 3. The van der Waals surface area contributed by atoms with Crippen LogP contribution in [0.25, 0.3) is 0 Å². The monoisotopic (exact) mass is 260 g/mol. The van der Waals surface area contributed by atoms with Crippen molar-refractivity contribution in [1.82, 2.24) is 14.8 Å². The maximum absolute atomic E-state index is 13.5. The van der Waals surface area contributed by atoms with Gasteiger partial charge < -0.3 is 5.32 Å². The maximum Gasteiger partial charge on any atom is 0.169 e. The highest BCUT2D eigenvalue weighted by Gasteiger charge is 2.12. The lowest BCUT2D eigenvalue weighted by Crippen LogP contribution is -2.05. The molecule has 100 valence electrons. The molecule has 0 saturated heterocycles. The zero-order valence-corrected chi connectivity index (χ0v) is 10.8. The van der Waals surface area contributed by atoms with Gasteiger partial charge in [0, 0.05) is 13.0 Å². The van der Waals surface area contributed by atoms with Crippen molar-refractivity contribution in [2.24, 2.45) is 0 Å². The van der Waals surface area contributed by atoms with Gasteiger partial charge >= 0.3 is 0 Å². The maximum atomic E-state index is 13.5. The predicted molar refractivity (Wildman–Crippen MR) is 71.3 cm³/mol. The fraction of sp³-hybridized carbons (Fsp3) is 0.429. The van der Waals surface area contributed by atoms with Crippen LogP contribution in [0.1, 0.15) is 30.9 Å². The van der Waals surface area contributed by atoms with Crippen molar-refractivity contribution in [3.8, 4) is 0 Å². The minimum Gasteiger partial charge on any atom is -0.375 e. The normalized spacial score (nSPS) is 14.8. The van der Waals surface area contributed by atoms with Crippen LogP contribution < -0.4 is 5.32 Å². The third kappa shape index (κ3) is 2.75. The number of benzene rings is 1. The topological polar surface area (TPSA) is 42.7 Å². The first kappa shape index (κ1) is 12.1. The molecule has 0 bridgehead atoms. The van der Waals surface area contributed by atoms with Gasteiger partial charge in [-0.15, -0.1) is 0 Å². The van der Waals surface area contributed by atoms with E-state index in [-0.39, 0.29) is 5.82 Å². The molecular formula is C14H17FN4. The summed E-state index contributed by atoms with van der Waals surface area (Å²) in [6.07, 6.45) is 4.58. The standard InChI is InChI=1S/C14H17FN4/c15-11-6-3-4-7-12(11)16-10-13-17-14-8-2-1-5-9-19(14)18-13/h3-4,6-7,16H,1-2,5,8-10H2. The van der Waals surface area contributed by atoms with E-state index in [9.17, 15) is 4.39 Å². The first-order valence-corrected chi connectivity index (χ1v) is 6.74. The summed E-state index contributed by atoms with van der Waals surface area (Å²) in [7, 11) is 0. The molecule has 0 aliphatic carbocycles. The molecule has 1 aromatic carbocycles. The first-order chi connectivity index (χ1) is 9.33. The Labute approximate surface area is 111 Å². The molecule has 2 heterocycles. The average Bonchev–Trinajstić information content (AvgIpc) is 2.68. The quantitative estimate of drug-likeness (QED) is 0.922. The molecule has 1 aliphatic heterocycles. The Morgan fingerprint density at radius 3 is 3.00 bits per heavy atom. The SMILES string of the molecule is Fc1ccccc1NCc1nc2n(n1)CCCCC2. The first-order valence-electron chi connectivity index (χ1n) is 6.74. The number of hydrogen-bond donors (Lipinski definition) is 1. The number of anilines is 1. The summed E-state index contributed by atoms with van der Waals surface area (Å²) >= 11 is 0. The molecule has 5 heteroatoms. The summed E-state index contributed by atoms with van der Waals surface area (Å²) in [4.78, 5) is 4.52. The second kappa shape index (κ2) is 5.38. The molecule has 0 unspecified atom stereocenters. The number of aryl methyl sites for hydroxylation is 2. The summed E-state index contributed by atoms with van der Waals surface area (Å²) in [6.45, 7) is 1.41. The highest BCUT2D eigenvalue weighted by Crippen LogP contribution is 2.15. The van der Waals surface area contributed by atoms with E-state index in [1.54, 1.807) is 18.2 Å². The molecule has 0 atom stereocenters. The van der Waals surface area contributed by atoms with Crippen molar-refractivity contribution in [1.29, 1.82) is 0 Å². The Bertz CT molecular complexity index is 541. The summed E-state index contributed by atoms with van der Waals surface area (Å²) in [5.41, 5.74) is 0.493. The molecular weight excluding hydrogens is 243 g/mol. The largest absolute Gasteiger partial charge is 0.375 e. The van der Waals surface area contributed by atoms with Crippen molar-refractivity contribution in [3.05, 3.63) is 41.7 Å². The molecule has 3 rings (SSSR count). The van der Waals surface area contributed by atoms with Crippen LogP contribution >= 0.6 is 0 Å². The van der Waals surface area contributed by atoms with Crippen molar-refractivity contribution in [3.63, 3.8) is 0 Å². The van der Waals surface area contributed by atoms with E-state index < -0.39 is 0 Å². The van der Waals surface area contributed by atoms with Gasteiger partial charge in [-0.05, 0) is 25.0 Å². The van der Waals surface area contributed by atoms with E-state index in [2.05, 4.69) is 15.4 Å². The van der Waals surface area contributed by atoms with Gasteiger partial charge in [-0.2, -0.15) is 5.10 Å². The van der Waals surface area contributed by atoms with Gasteiger partial charge in [-0.25, -0.2) is 14.1 Å². The molecule has 1 aromatic heterocycles. The molecule has 1 N–H and O–H groups in total. The Morgan fingerprint density at radius 1 is 1.21 bits per heavy atom. The van der Waals surface area contributed by atoms with E-state index in [1.807, 2.05) is 4.68 Å². The number of para-hydroxylation sites is 1.